The van der Waals surface area contributed by atoms with Gasteiger partial charge in [0.25, 0.3) is 0 Å². The van der Waals surface area contributed by atoms with Crippen molar-refractivity contribution in [2.45, 2.75) is 53.6 Å². The lowest BCUT2D eigenvalue weighted by Crippen LogP contribution is -2.33. The molecule has 1 aromatic carbocycles. The van der Waals surface area contributed by atoms with E-state index < -0.39 is 0 Å². The predicted octanol–water partition coefficient (Wildman–Crippen LogP) is 3.69. The number of nitrogens with one attached hydrogen (secondary N) is 1. The van der Waals surface area contributed by atoms with Gasteiger partial charge in [-0.2, -0.15) is 0 Å². The molecule has 0 saturated heterocycles. The number of hydrogen-bond acceptors (Lipinski definition) is 2. The van der Waals surface area contributed by atoms with Gasteiger partial charge in [0.15, 0.2) is 0 Å². The van der Waals surface area contributed by atoms with Gasteiger partial charge < -0.3 is 10.1 Å². The minimum absolute atomic E-state index is 0.362. The van der Waals surface area contributed by atoms with Crippen LogP contribution in [0.4, 0.5) is 0 Å². The molecule has 0 fully saturated rings. The molecule has 0 aliphatic rings. The molecule has 1 aromatic rings. The molecule has 2 atom stereocenters. The van der Waals surface area contributed by atoms with Crippen LogP contribution in [0.15, 0.2) is 12.1 Å². The van der Waals surface area contributed by atoms with Crippen LogP contribution < -0.4 is 5.32 Å². The van der Waals surface area contributed by atoms with E-state index in [-0.39, 0.29) is 0 Å². The number of benzene rings is 1. The van der Waals surface area contributed by atoms with Crippen LogP contribution >= 0.6 is 0 Å². The molecule has 1 N–H and O–H groups in total. The number of rotatable bonds is 6. The molecule has 0 spiro atoms. The first-order valence-electron chi connectivity index (χ1n) is 6.87. The lowest BCUT2D eigenvalue weighted by molar-refractivity contribution is 0.124. The molecule has 2 heteroatoms. The lowest BCUT2D eigenvalue weighted by atomic mass is 9.94. The van der Waals surface area contributed by atoms with Gasteiger partial charge in [0, 0.05) is 18.7 Å². The van der Waals surface area contributed by atoms with E-state index in [1.165, 1.54) is 22.3 Å². The van der Waals surface area contributed by atoms with Crippen molar-refractivity contribution in [1.29, 1.82) is 0 Å². The van der Waals surface area contributed by atoms with Gasteiger partial charge in [-0.3, -0.25) is 0 Å². The standard InChI is InChI=1S/C16H27NO/c1-7-18-10-14(5)17-15(6)16-12(3)8-11(2)9-13(16)4/h8-9,14-15,17H,7,10H2,1-6H3. The lowest BCUT2D eigenvalue weighted by Gasteiger charge is -2.23. The SMILES string of the molecule is CCOCC(C)NC(C)c1c(C)cc(C)cc1C. The highest BCUT2D eigenvalue weighted by Gasteiger charge is 2.14. The first-order chi connectivity index (χ1) is 8.45. The largest absolute Gasteiger partial charge is 0.380 e. The maximum atomic E-state index is 5.45. The van der Waals surface area contributed by atoms with Crippen LogP contribution in [0.3, 0.4) is 0 Å². The summed E-state index contributed by atoms with van der Waals surface area (Å²) in [6.45, 7) is 14.5. The summed E-state index contributed by atoms with van der Waals surface area (Å²) in [6.07, 6.45) is 0. The maximum absolute atomic E-state index is 5.45. The molecule has 2 nitrogen and oxygen atoms in total. The Balaban J connectivity index is 2.75. The second-order valence-corrected chi connectivity index (χ2v) is 5.26. The van der Waals surface area contributed by atoms with Gasteiger partial charge in [0.05, 0.1) is 6.61 Å². The van der Waals surface area contributed by atoms with E-state index in [1.807, 2.05) is 6.92 Å². The Morgan fingerprint density at radius 3 is 2.17 bits per heavy atom. The molecule has 18 heavy (non-hydrogen) atoms. The van der Waals surface area contributed by atoms with E-state index in [2.05, 4.69) is 52.1 Å². The molecule has 102 valence electrons. The molecule has 0 aliphatic carbocycles. The van der Waals surface area contributed by atoms with Crippen LogP contribution in [0, 0.1) is 20.8 Å². The molecule has 0 heterocycles. The average molecular weight is 249 g/mol. The maximum Gasteiger partial charge on any atom is 0.0616 e. The Morgan fingerprint density at radius 2 is 1.67 bits per heavy atom. The zero-order valence-corrected chi connectivity index (χ0v) is 12.6. The fourth-order valence-corrected chi connectivity index (χ4v) is 2.73. The monoisotopic (exact) mass is 249 g/mol. The summed E-state index contributed by atoms with van der Waals surface area (Å²) >= 11 is 0. The van der Waals surface area contributed by atoms with E-state index in [1.54, 1.807) is 0 Å². The summed E-state index contributed by atoms with van der Waals surface area (Å²) in [6, 6.07) is 5.25. The van der Waals surface area contributed by atoms with Crippen LogP contribution in [0.5, 0.6) is 0 Å². The molecular formula is C16H27NO. The van der Waals surface area contributed by atoms with Crippen molar-refractivity contribution in [2.24, 2.45) is 0 Å². The zero-order valence-electron chi connectivity index (χ0n) is 12.6. The van der Waals surface area contributed by atoms with Crippen molar-refractivity contribution >= 4 is 0 Å². The first-order valence-corrected chi connectivity index (χ1v) is 6.87. The second kappa shape index (κ2) is 6.91. The summed E-state index contributed by atoms with van der Waals surface area (Å²) in [7, 11) is 0. The second-order valence-electron chi connectivity index (χ2n) is 5.26. The van der Waals surface area contributed by atoms with E-state index in [4.69, 9.17) is 4.74 Å². The Bertz CT molecular complexity index is 364. The predicted molar refractivity (Wildman–Crippen MR) is 78.2 cm³/mol. The normalized spacial score (nSPS) is 14.6. The van der Waals surface area contributed by atoms with Gasteiger partial charge in [-0.1, -0.05) is 17.7 Å². The Morgan fingerprint density at radius 1 is 1.11 bits per heavy atom. The number of aryl methyl sites for hydroxylation is 3. The third kappa shape index (κ3) is 4.11. The number of ether oxygens (including phenoxy) is 1. The smallest absolute Gasteiger partial charge is 0.0616 e. The van der Waals surface area contributed by atoms with Gasteiger partial charge in [-0.05, 0) is 58.2 Å². The molecule has 0 amide bonds. The van der Waals surface area contributed by atoms with E-state index >= 15 is 0 Å². The highest BCUT2D eigenvalue weighted by Crippen LogP contribution is 2.23. The van der Waals surface area contributed by atoms with Crippen molar-refractivity contribution in [1.82, 2.24) is 5.32 Å². The summed E-state index contributed by atoms with van der Waals surface area (Å²) in [4.78, 5) is 0. The molecular weight excluding hydrogens is 222 g/mol. The van der Waals surface area contributed by atoms with Crippen molar-refractivity contribution in [3.8, 4) is 0 Å². The van der Waals surface area contributed by atoms with Crippen molar-refractivity contribution in [2.75, 3.05) is 13.2 Å². The van der Waals surface area contributed by atoms with Gasteiger partial charge in [-0.25, -0.2) is 0 Å². The molecule has 0 aliphatic heterocycles. The quantitative estimate of drug-likeness (QED) is 0.830. The fourth-order valence-electron chi connectivity index (χ4n) is 2.73. The van der Waals surface area contributed by atoms with Gasteiger partial charge in [0.2, 0.25) is 0 Å². The van der Waals surface area contributed by atoms with Crippen LogP contribution in [-0.4, -0.2) is 19.3 Å². The molecule has 0 radical (unpaired) electrons. The Labute approximate surface area is 112 Å². The summed E-state index contributed by atoms with van der Waals surface area (Å²) in [5.74, 6) is 0. The average Bonchev–Trinajstić information content (AvgIpc) is 2.24. The van der Waals surface area contributed by atoms with Crippen molar-refractivity contribution in [3.05, 3.63) is 34.4 Å². The Kier molecular flexibility index (Phi) is 5.83. The van der Waals surface area contributed by atoms with E-state index in [0.717, 1.165) is 13.2 Å². The first kappa shape index (κ1) is 15.2. The molecule has 0 aromatic heterocycles. The minimum Gasteiger partial charge on any atom is -0.380 e. The third-order valence-electron chi connectivity index (χ3n) is 3.28. The van der Waals surface area contributed by atoms with E-state index in [0.29, 0.717) is 12.1 Å². The van der Waals surface area contributed by atoms with Gasteiger partial charge >= 0.3 is 0 Å². The van der Waals surface area contributed by atoms with Gasteiger partial charge in [0.1, 0.15) is 0 Å². The van der Waals surface area contributed by atoms with Gasteiger partial charge in [-0.15, -0.1) is 0 Å². The van der Waals surface area contributed by atoms with E-state index in [9.17, 15) is 0 Å². The summed E-state index contributed by atoms with van der Waals surface area (Å²) in [5.41, 5.74) is 5.50. The molecule has 0 saturated carbocycles. The Hall–Kier alpha value is -0.860. The fraction of sp³-hybridized carbons (Fsp3) is 0.625. The topological polar surface area (TPSA) is 21.3 Å². The summed E-state index contributed by atoms with van der Waals surface area (Å²) in [5, 5.41) is 3.61. The third-order valence-corrected chi connectivity index (χ3v) is 3.28. The number of hydrogen-bond donors (Lipinski definition) is 1. The molecule has 2 unspecified atom stereocenters. The van der Waals surface area contributed by atoms with Crippen LogP contribution in [0.1, 0.15) is 49.1 Å². The zero-order chi connectivity index (χ0) is 13.7. The van der Waals surface area contributed by atoms with Crippen molar-refractivity contribution < 1.29 is 4.74 Å². The molecule has 1 rings (SSSR count). The summed E-state index contributed by atoms with van der Waals surface area (Å²) < 4.78 is 5.45. The molecule has 0 bridgehead atoms. The van der Waals surface area contributed by atoms with Crippen LogP contribution in [0.25, 0.3) is 0 Å². The van der Waals surface area contributed by atoms with Crippen LogP contribution in [-0.2, 0) is 4.74 Å². The van der Waals surface area contributed by atoms with Crippen molar-refractivity contribution in [3.63, 3.8) is 0 Å². The minimum atomic E-state index is 0.362. The highest BCUT2D eigenvalue weighted by atomic mass is 16.5. The van der Waals surface area contributed by atoms with Crippen LogP contribution in [0.2, 0.25) is 0 Å². The highest BCUT2D eigenvalue weighted by molar-refractivity contribution is 5.39.